The van der Waals surface area contributed by atoms with Crippen molar-refractivity contribution in [1.29, 1.82) is 0 Å². The number of hydrogen-bond acceptors (Lipinski definition) is 7. The summed E-state index contributed by atoms with van der Waals surface area (Å²) in [6.07, 6.45) is 0. The summed E-state index contributed by atoms with van der Waals surface area (Å²) >= 11 is 0. The number of benzene rings is 2. The quantitative estimate of drug-likeness (QED) is 0.616. The molecule has 2 aromatic rings. The van der Waals surface area contributed by atoms with Crippen LogP contribution >= 0.6 is 0 Å². The third kappa shape index (κ3) is 5.44. The molecular formula is C20H24N2O7. The Morgan fingerprint density at radius 1 is 0.793 bits per heavy atom. The average Bonchev–Trinajstić information content (AvgIpc) is 2.75. The van der Waals surface area contributed by atoms with Crippen LogP contribution in [0.15, 0.2) is 36.4 Å². The van der Waals surface area contributed by atoms with Gasteiger partial charge in [-0.25, -0.2) is 0 Å². The fourth-order valence-corrected chi connectivity index (χ4v) is 2.50. The maximum Gasteiger partial charge on any atom is 0.276 e. The van der Waals surface area contributed by atoms with Gasteiger partial charge in [0.1, 0.15) is 0 Å². The number of rotatable bonds is 9. The Hall–Kier alpha value is -3.62. The van der Waals surface area contributed by atoms with Crippen molar-refractivity contribution in [3.05, 3.63) is 42.0 Å². The lowest BCUT2D eigenvalue weighted by molar-refractivity contribution is -0.123. The molecule has 0 aliphatic rings. The van der Waals surface area contributed by atoms with Crippen molar-refractivity contribution in [3.8, 4) is 28.7 Å². The molecule has 0 bridgehead atoms. The fourth-order valence-electron chi connectivity index (χ4n) is 2.50. The number of nitrogens with one attached hydrogen (secondary N) is 2. The highest BCUT2D eigenvalue weighted by Crippen LogP contribution is 2.39. The van der Waals surface area contributed by atoms with Crippen molar-refractivity contribution >= 4 is 11.8 Å². The van der Waals surface area contributed by atoms with E-state index in [1.807, 2.05) is 6.92 Å². The zero-order valence-electron chi connectivity index (χ0n) is 16.7. The monoisotopic (exact) mass is 404 g/mol. The molecule has 0 saturated carbocycles. The number of amides is 2. The molecule has 0 aromatic heterocycles. The smallest absolute Gasteiger partial charge is 0.276 e. The van der Waals surface area contributed by atoms with Crippen LogP contribution in [-0.4, -0.2) is 46.4 Å². The van der Waals surface area contributed by atoms with Gasteiger partial charge in [0.2, 0.25) is 5.75 Å². The maximum atomic E-state index is 12.4. The minimum atomic E-state index is -0.592. The molecule has 0 atom stereocenters. The molecule has 9 nitrogen and oxygen atoms in total. The van der Waals surface area contributed by atoms with Crippen LogP contribution in [0, 0.1) is 0 Å². The van der Waals surface area contributed by atoms with E-state index in [2.05, 4.69) is 10.9 Å². The Bertz CT molecular complexity index is 855. The second-order valence-electron chi connectivity index (χ2n) is 5.55. The van der Waals surface area contributed by atoms with Crippen LogP contribution < -0.4 is 34.5 Å². The predicted octanol–water partition coefficient (Wildman–Crippen LogP) is 1.95. The number of carbonyl (C=O) groups excluding carboxylic acids is 2. The Labute approximate surface area is 168 Å². The number of para-hydroxylation sites is 2. The van der Waals surface area contributed by atoms with Crippen LogP contribution in [0.25, 0.3) is 0 Å². The zero-order valence-corrected chi connectivity index (χ0v) is 16.7. The first-order chi connectivity index (χ1) is 14.0. The van der Waals surface area contributed by atoms with E-state index in [0.717, 1.165) is 0 Å². The molecule has 0 spiro atoms. The molecule has 2 amide bonds. The van der Waals surface area contributed by atoms with Crippen molar-refractivity contribution in [2.75, 3.05) is 34.5 Å². The molecule has 0 aliphatic carbocycles. The first kappa shape index (κ1) is 21.7. The number of ether oxygens (including phenoxy) is 5. The molecule has 29 heavy (non-hydrogen) atoms. The summed E-state index contributed by atoms with van der Waals surface area (Å²) in [5, 5.41) is 0. The Morgan fingerprint density at radius 2 is 1.45 bits per heavy atom. The van der Waals surface area contributed by atoms with Crippen LogP contribution in [0.1, 0.15) is 17.3 Å². The zero-order chi connectivity index (χ0) is 21.2. The normalized spacial score (nSPS) is 9.93. The van der Waals surface area contributed by atoms with Gasteiger partial charge in [0.25, 0.3) is 11.8 Å². The fraction of sp³-hybridized carbons (Fsp3) is 0.300. The van der Waals surface area contributed by atoms with E-state index in [4.69, 9.17) is 23.7 Å². The van der Waals surface area contributed by atoms with E-state index in [9.17, 15) is 9.59 Å². The summed E-state index contributed by atoms with van der Waals surface area (Å²) in [7, 11) is 4.30. The number of hydrazine groups is 1. The number of carbonyl (C=O) groups is 2. The lowest BCUT2D eigenvalue weighted by Gasteiger charge is -2.16. The van der Waals surface area contributed by atoms with Crippen molar-refractivity contribution < 1.29 is 33.3 Å². The molecule has 0 unspecified atom stereocenters. The second-order valence-corrected chi connectivity index (χ2v) is 5.55. The molecule has 2 rings (SSSR count). The molecule has 156 valence electrons. The topological polar surface area (TPSA) is 104 Å². The van der Waals surface area contributed by atoms with Crippen molar-refractivity contribution in [1.82, 2.24) is 10.9 Å². The van der Waals surface area contributed by atoms with Crippen molar-refractivity contribution in [2.24, 2.45) is 0 Å². The summed E-state index contributed by atoms with van der Waals surface area (Å²) in [4.78, 5) is 24.5. The van der Waals surface area contributed by atoms with Gasteiger partial charge in [-0.1, -0.05) is 12.1 Å². The van der Waals surface area contributed by atoms with Crippen LogP contribution in [-0.2, 0) is 4.79 Å². The van der Waals surface area contributed by atoms with Crippen LogP contribution in [0.5, 0.6) is 28.7 Å². The molecule has 9 heteroatoms. The molecule has 0 heterocycles. The van der Waals surface area contributed by atoms with E-state index >= 15 is 0 Å². The largest absolute Gasteiger partial charge is 0.493 e. The van der Waals surface area contributed by atoms with E-state index in [1.165, 1.54) is 27.4 Å². The van der Waals surface area contributed by atoms with Gasteiger partial charge in [-0.15, -0.1) is 0 Å². The minimum Gasteiger partial charge on any atom is -0.493 e. The SMILES string of the molecule is CCOc1ccccc1OCC(=O)NNC(=O)c1ccc(OC)c(OC)c1OC. The van der Waals surface area contributed by atoms with Gasteiger partial charge in [0.15, 0.2) is 29.6 Å². The third-order valence-corrected chi connectivity index (χ3v) is 3.77. The highest BCUT2D eigenvalue weighted by atomic mass is 16.5. The highest BCUT2D eigenvalue weighted by Gasteiger charge is 2.21. The summed E-state index contributed by atoms with van der Waals surface area (Å²) < 4.78 is 26.6. The van der Waals surface area contributed by atoms with Gasteiger partial charge in [-0.3, -0.25) is 20.4 Å². The van der Waals surface area contributed by atoms with Gasteiger partial charge in [-0.2, -0.15) is 0 Å². The number of hydrogen-bond donors (Lipinski definition) is 2. The number of methoxy groups -OCH3 is 3. The predicted molar refractivity (Wildman–Crippen MR) is 105 cm³/mol. The van der Waals surface area contributed by atoms with Crippen LogP contribution in [0.3, 0.4) is 0 Å². The molecule has 0 aliphatic heterocycles. The van der Waals surface area contributed by atoms with Gasteiger partial charge < -0.3 is 23.7 Å². The molecule has 2 N–H and O–H groups in total. The highest BCUT2D eigenvalue weighted by molar-refractivity contribution is 5.99. The summed E-state index contributed by atoms with van der Waals surface area (Å²) in [5.74, 6) is 0.672. The van der Waals surface area contributed by atoms with Crippen molar-refractivity contribution in [2.45, 2.75) is 6.92 Å². The van der Waals surface area contributed by atoms with Crippen LogP contribution in [0.2, 0.25) is 0 Å². The van der Waals surface area contributed by atoms with E-state index in [0.29, 0.717) is 23.9 Å². The van der Waals surface area contributed by atoms with Gasteiger partial charge in [-0.05, 0) is 31.2 Å². The lowest BCUT2D eigenvalue weighted by Crippen LogP contribution is -2.44. The molecule has 0 fully saturated rings. The van der Waals surface area contributed by atoms with Crippen LogP contribution in [0.4, 0.5) is 0 Å². The lowest BCUT2D eigenvalue weighted by atomic mass is 10.1. The van der Waals surface area contributed by atoms with E-state index < -0.39 is 11.8 Å². The Kier molecular flexibility index (Phi) is 7.96. The summed E-state index contributed by atoms with van der Waals surface area (Å²) in [5.41, 5.74) is 4.76. The van der Waals surface area contributed by atoms with Gasteiger partial charge in [0, 0.05) is 0 Å². The van der Waals surface area contributed by atoms with Gasteiger partial charge >= 0.3 is 0 Å². The Morgan fingerprint density at radius 3 is 2.03 bits per heavy atom. The van der Waals surface area contributed by atoms with E-state index in [1.54, 1.807) is 30.3 Å². The van der Waals surface area contributed by atoms with Gasteiger partial charge in [0.05, 0.1) is 33.5 Å². The van der Waals surface area contributed by atoms with E-state index in [-0.39, 0.29) is 23.7 Å². The summed E-state index contributed by atoms with van der Waals surface area (Å²) in [6, 6.07) is 10.0. The molecule has 0 saturated heterocycles. The average molecular weight is 404 g/mol. The third-order valence-electron chi connectivity index (χ3n) is 3.77. The molecule has 2 aromatic carbocycles. The second kappa shape index (κ2) is 10.6. The minimum absolute atomic E-state index is 0.160. The van der Waals surface area contributed by atoms with Crippen molar-refractivity contribution in [3.63, 3.8) is 0 Å². The standard InChI is InChI=1S/C20H24N2O7/c1-5-28-14-8-6-7-9-15(14)29-12-17(23)21-22-20(24)13-10-11-16(25-2)19(27-4)18(13)26-3/h6-11H,5,12H2,1-4H3,(H,21,23)(H,22,24). The first-order valence-corrected chi connectivity index (χ1v) is 8.78. The maximum absolute atomic E-state index is 12.4. The first-order valence-electron chi connectivity index (χ1n) is 8.78. The Balaban J connectivity index is 1.98. The molecular weight excluding hydrogens is 380 g/mol. The summed E-state index contributed by atoms with van der Waals surface area (Å²) in [6.45, 7) is 2.00. The molecule has 0 radical (unpaired) electrons.